The highest BCUT2D eigenvalue weighted by atomic mass is 16.5. The topological polar surface area (TPSA) is 87.7 Å². The van der Waals surface area contributed by atoms with Crippen LogP contribution in [0.5, 0.6) is 5.75 Å². The van der Waals surface area contributed by atoms with Crippen LogP contribution in [-0.4, -0.2) is 41.7 Å². The Bertz CT molecular complexity index is 840. The van der Waals surface area contributed by atoms with Gasteiger partial charge in [0.15, 0.2) is 6.61 Å². The van der Waals surface area contributed by atoms with Crippen LogP contribution in [0.15, 0.2) is 30.3 Å². The number of amides is 2. The van der Waals surface area contributed by atoms with Gasteiger partial charge in [0, 0.05) is 18.0 Å². The van der Waals surface area contributed by atoms with Gasteiger partial charge in [-0.1, -0.05) is 51.8 Å². The third kappa shape index (κ3) is 5.42. The molecule has 3 aliphatic carbocycles. The predicted octanol–water partition coefficient (Wildman–Crippen LogP) is 4.07. The molecule has 0 radical (unpaired) electrons. The van der Waals surface area contributed by atoms with Crippen LogP contribution in [0.2, 0.25) is 0 Å². The summed E-state index contributed by atoms with van der Waals surface area (Å²) in [6.45, 7) is 6.40. The molecule has 188 valence electrons. The van der Waals surface area contributed by atoms with E-state index >= 15 is 0 Å². The largest absolute Gasteiger partial charge is 0.484 e. The summed E-state index contributed by atoms with van der Waals surface area (Å²) in [7, 11) is 0. The Labute approximate surface area is 204 Å². The van der Waals surface area contributed by atoms with Crippen molar-refractivity contribution in [2.24, 2.45) is 29.1 Å². The molecule has 3 N–H and O–H groups in total. The van der Waals surface area contributed by atoms with Crippen LogP contribution >= 0.6 is 0 Å². The van der Waals surface area contributed by atoms with E-state index in [-0.39, 0.29) is 53.5 Å². The highest BCUT2D eigenvalue weighted by Gasteiger charge is 2.53. The Morgan fingerprint density at radius 2 is 1.76 bits per heavy atom. The van der Waals surface area contributed by atoms with Crippen LogP contribution in [-0.2, 0) is 9.59 Å². The highest BCUT2D eigenvalue weighted by Crippen LogP contribution is 2.55. The average molecular weight is 471 g/mol. The minimum Gasteiger partial charge on any atom is -0.484 e. The van der Waals surface area contributed by atoms with Gasteiger partial charge in [0.2, 0.25) is 5.91 Å². The van der Waals surface area contributed by atoms with Gasteiger partial charge in [-0.3, -0.25) is 9.59 Å². The molecule has 1 aromatic carbocycles. The maximum absolute atomic E-state index is 13.0. The van der Waals surface area contributed by atoms with Gasteiger partial charge in [-0.05, 0) is 73.8 Å². The molecule has 0 aliphatic heterocycles. The van der Waals surface area contributed by atoms with E-state index in [1.807, 2.05) is 37.3 Å². The molecule has 4 rings (SSSR count). The maximum atomic E-state index is 13.0. The van der Waals surface area contributed by atoms with Gasteiger partial charge in [-0.15, -0.1) is 0 Å². The van der Waals surface area contributed by atoms with Gasteiger partial charge >= 0.3 is 0 Å². The van der Waals surface area contributed by atoms with Crippen molar-refractivity contribution in [2.75, 3.05) is 6.61 Å². The van der Waals surface area contributed by atoms with Crippen molar-refractivity contribution in [3.8, 4) is 5.75 Å². The first kappa shape index (κ1) is 25.0. The van der Waals surface area contributed by atoms with Gasteiger partial charge < -0.3 is 20.5 Å². The Balaban J connectivity index is 1.37. The molecule has 0 aromatic heterocycles. The van der Waals surface area contributed by atoms with Crippen molar-refractivity contribution in [3.05, 3.63) is 30.3 Å². The number of ether oxygens (including phenoxy) is 1. The van der Waals surface area contributed by atoms with E-state index in [2.05, 4.69) is 24.5 Å². The molecular weight excluding hydrogens is 428 g/mol. The summed E-state index contributed by atoms with van der Waals surface area (Å²) in [4.78, 5) is 25.6. The van der Waals surface area contributed by atoms with E-state index in [1.165, 1.54) is 12.8 Å². The smallest absolute Gasteiger partial charge is 0.258 e. The SMILES string of the molecule is C[C@H]1[C@@H]2[C@@H](O)C([C@H](C)C(=O)NC3CCCC3)CC[C@@]2(C)CC[C@@H]1NC(=O)COc1ccccc1. The molecule has 34 heavy (non-hydrogen) atoms. The summed E-state index contributed by atoms with van der Waals surface area (Å²) in [5.74, 6) is 0.572. The lowest BCUT2D eigenvalue weighted by molar-refractivity contribution is -0.144. The second-order valence-corrected chi connectivity index (χ2v) is 11.3. The number of para-hydroxylation sites is 1. The number of carbonyl (C=O) groups is 2. The Morgan fingerprint density at radius 1 is 1.09 bits per heavy atom. The maximum Gasteiger partial charge on any atom is 0.258 e. The quantitative estimate of drug-likeness (QED) is 0.561. The molecule has 1 unspecified atom stereocenters. The minimum atomic E-state index is -0.543. The Hall–Kier alpha value is -2.08. The fourth-order valence-corrected chi connectivity index (χ4v) is 7.01. The van der Waals surface area contributed by atoms with Crippen LogP contribution in [0.1, 0.15) is 72.1 Å². The van der Waals surface area contributed by atoms with E-state index < -0.39 is 6.10 Å². The summed E-state index contributed by atoms with van der Waals surface area (Å²) in [5, 5.41) is 18.0. The normalized spacial score (nSPS) is 34.6. The number of nitrogens with one attached hydrogen (secondary N) is 2. The van der Waals surface area contributed by atoms with E-state index in [1.54, 1.807) is 0 Å². The summed E-state index contributed by atoms with van der Waals surface area (Å²) >= 11 is 0. The van der Waals surface area contributed by atoms with Crippen molar-refractivity contribution in [3.63, 3.8) is 0 Å². The number of rotatable bonds is 7. The third-order valence-electron chi connectivity index (χ3n) is 9.10. The lowest BCUT2D eigenvalue weighted by atomic mass is 9.51. The zero-order valence-electron chi connectivity index (χ0n) is 21.0. The van der Waals surface area contributed by atoms with E-state index in [9.17, 15) is 14.7 Å². The number of hydrogen-bond donors (Lipinski definition) is 3. The van der Waals surface area contributed by atoms with Crippen LogP contribution in [0.25, 0.3) is 0 Å². The molecule has 6 heteroatoms. The molecule has 3 fully saturated rings. The zero-order chi connectivity index (χ0) is 24.3. The van der Waals surface area contributed by atoms with Crippen LogP contribution < -0.4 is 15.4 Å². The summed E-state index contributed by atoms with van der Waals surface area (Å²) < 4.78 is 5.62. The molecule has 3 aliphatic rings. The molecule has 2 amide bonds. The summed E-state index contributed by atoms with van der Waals surface area (Å²) in [5.41, 5.74) is 0.0404. The molecule has 3 saturated carbocycles. The fourth-order valence-electron chi connectivity index (χ4n) is 7.01. The molecular formula is C28H42N2O4. The molecule has 0 bridgehead atoms. The third-order valence-corrected chi connectivity index (χ3v) is 9.10. The monoisotopic (exact) mass is 470 g/mol. The Kier molecular flexibility index (Phi) is 7.86. The number of carbonyl (C=O) groups excluding carboxylic acids is 2. The van der Waals surface area contributed by atoms with E-state index in [0.29, 0.717) is 11.8 Å². The van der Waals surface area contributed by atoms with Crippen molar-refractivity contribution < 1.29 is 19.4 Å². The molecule has 7 atom stereocenters. The fraction of sp³-hybridized carbons (Fsp3) is 0.714. The molecule has 6 nitrogen and oxygen atoms in total. The second-order valence-electron chi connectivity index (χ2n) is 11.3. The van der Waals surface area contributed by atoms with Crippen LogP contribution in [0, 0.1) is 29.1 Å². The lowest BCUT2D eigenvalue weighted by Crippen LogP contribution is -2.59. The standard InChI is InChI=1S/C28H42N2O4/c1-18(27(33)29-20-9-7-8-10-20)22-13-15-28(3)16-14-23(19(2)25(28)26(22)32)30-24(31)17-34-21-11-5-4-6-12-21/h4-6,11-12,18-20,22-23,25-26,32H,7-10,13-17H2,1-3H3,(H,29,33)(H,30,31)/t18-,19+,22?,23-,25+,26-,28-/m0/s1. The van der Waals surface area contributed by atoms with Crippen molar-refractivity contribution in [1.29, 1.82) is 0 Å². The van der Waals surface area contributed by atoms with E-state index in [4.69, 9.17) is 4.74 Å². The molecule has 0 heterocycles. The molecule has 0 saturated heterocycles. The summed E-state index contributed by atoms with van der Waals surface area (Å²) in [6, 6.07) is 9.65. The van der Waals surface area contributed by atoms with E-state index in [0.717, 1.165) is 38.5 Å². The van der Waals surface area contributed by atoms with Crippen molar-refractivity contribution in [1.82, 2.24) is 10.6 Å². The first-order valence-electron chi connectivity index (χ1n) is 13.2. The van der Waals surface area contributed by atoms with Gasteiger partial charge in [-0.2, -0.15) is 0 Å². The van der Waals surface area contributed by atoms with Crippen LogP contribution in [0.4, 0.5) is 0 Å². The van der Waals surface area contributed by atoms with Gasteiger partial charge in [0.1, 0.15) is 5.75 Å². The van der Waals surface area contributed by atoms with Gasteiger partial charge in [-0.25, -0.2) is 0 Å². The molecule has 0 spiro atoms. The van der Waals surface area contributed by atoms with Crippen LogP contribution in [0.3, 0.4) is 0 Å². The van der Waals surface area contributed by atoms with Crippen molar-refractivity contribution in [2.45, 2.75) is 90.3 Å². The highest BCUT2D eigenvalue weighted by molar-refractivity contribution is 5.79. The lowest BCUT2D eigenvalue weighted by Gasteiger charge is -2.56. The van der Waals surface area contributed by atoms with Gasteiger partial charge in [0.25, 0.3) is 5.91 Å². The second kappa shape index (κ2) is 10.7. The minimum absolute atomic E-state index is 0.000898. The van der Waals surface area contributed by atoms with Gasteiger partial charge in [0.05, 0.1) is 6.10 Å². The summed E-state index contributed by atoms with van der Waals surface area (Å²) in [6.07, 6.45) is 7.74. The first-order chi connectivity index (χ1) is 16.3. The Morgan fingerprint density at radius 3 is 2.47 bits per heavy atom. The average Bonchev–Trinajstić information content (AvgIpc) is 3.33. The number of aliphatic hydroxyl groups excluding tert-OH is 1. The number of aliphatic hydroxyl groups is 1. The number of fused-ring (bicyclic) bond motifs is 1. The zero-order valence-corrected chi connectivity index (χ0v) is 21.0. The predicted molar refractivity (Wildman–Crippen MR) is 132 cm³/mol. The number of benzene rings is 1. The number of hydrogen-bond acceptors (Lipinski definition) is 4. The molecule has 1 aromatic rings. The first-order valence-corrected chi connectivity index (χ1v) is 13.2. The van der Waals surface area contributed by atoms with Crippen molar-refractivity contribution >= 4 is 11.8 Å².